The molecule has 2 atom stereocenters. The fourth-order valence-electron chi connectivity index (χ4n) is 1.85. The number of anilines is 1. The van der Waals surface area contributed by atoms with Crippen LogP contribution in [-0.4, -0.2) is 28.4 Å². The third-order valence-electron chi connectivity index (χ3n) is 2.95. The van der Waals surface area contributed by atoms with Gasteiger partial charge in [-0.1, -0.05) is 6.92 Å². The number of alkyl halides is 1. The van der Waals surface area contributed by atoms with E-state index in [1.807, 2.05) is 13.0 Å². The molecule has 1 aromatic heterocycles. The van der Waals surface area contributed by atoms with Gasteiger partial charge in [-0.3, -0.25) is 0 Å². The molecule has 2 rings (SSSR count). The van der Waals surface area contributed by atoms with Crippen molar-refractivity contribution in [2.24, 2.45) is 5.92 Å². The average molecular weight is 226 g/mol. The maximum Gasteiger partial charge on any atom is 0.132 e. The first-order chi connectivity index (χ1) is 7.16. The van der Waals surface area contributed by atoms with Gasteiger partial charge in [0.15, 0.2) is 0 Å². The molecule has 0 spiro atoms. The Balaban J connectivity index is 2.12. The van der Waals surface area contributed by atoms with Crippen LogP contribution in [0.5, 0.6) is 0 Å². The first kappa shape index (κ1) is 10.7. The van der Waals surface area contributed by atoms with Crippen LogP contribution in [0.4, 0.5) is 5.82 Å². The van der Waals surface area contributed by atoms with Crippen LogP contribution in [0.3, 0.4) is 0 Å². The minimum absolute atomic E-state index is 0.231. The molecule has 0 aromatic carbocycles. The molecule has 2 unspecified atom stereocenters. The standard InChI is InChI=1S/C11H16ClN3/c1-8-4-6-15(7-10(8)12)11-3-5-13-9(2)14-11/h3,5,8,10H,4,6-7H2,1-2H3. The zero-order chi connectivity index (χ0) is 10.8. The lowest BCUT2D eigenvalue weighted by Crippen LogP contribution is -2.40. The van der Waals surface area contributed by atoms with Crippen molar-refractivity contribution in [3.63, 3.8) is 0 Å². The second kappa shape index (κ2) is 4.35. The number of nitrogens with zero attached hydrogens (tertiary/aromatic N) is 3. The summed E-state index contributed by atoms with van der Waals surface area (Å²) in [6, 6.07) is 1.95. The van der Waals surface area contributed by atoms with Gasteiger partial charge in [0.1, 0.15) is 11.6 Å². The van der Waals surface area contributed by atoms with Crippen molar-refractivity contribution >= 4 is 17.4 Å². The highest BCUT2D eigenvalue weighted by atomic mass is 35.5. The van der Waals surface area contributed by atoms with Gasteiger partial charge in [0.05, 0.1) is 5.38 Å². The molecule has 1 saturated heterocycles. The van der Waals surface area contributed by atoms with Gasteiger partial charge in [-0.25, -0.2) is 9.97 Å². The summed E-state index contributed by atoms with van der Waals surface area (Å²) in [5, 5.41) is 0.231. The van der Waals surface area contributed by atoms with Crippen molar-refractivity contribution in [2.45, 2.75) is 25.6 Å². The zero-order valence-electron chi connectivity index (χ0n) is 9.15. The van der Waals surface area contributed by atoms with Crippen LogP contribution in [0.15, 0.2) is 12.3 Å². The minimum atomic E-state index is 0.231. The topological polar surface area (TPSA) is 29.0 Å². The van der Waals surface area contributed by atoms with Gasteiger partial charge in [0.25, 0.3) is 0 Å². The van der Waals surface area contributed by atoms with Gasteiger partial charge in [-0.2, -0.15) is 0 Å². The lowest BCUT2D eigenvalue weighted by molar-refractivity contribution is 0.443. The number of hydrogen-bond donors (Lipinski definition) is 0. The highest BCUT2D eigenvalue weighted by molar-refractivity contribution is 6.21. The van der Waals surface area contributed by atoms with E-state index in [4.69, 9.17) is 11.6 Å². The van der Waals surface area contributed by atoms with Gasteiger partial charge in [-0.05, 0) is 25.3 Å². The number of piperidine rings is 1. The SMILES string of the molecule is Cc1nccc(N2CCC(C)C(Cl)C2)n1. The number of aryl methyl sites for hydroxylation is 1. The van der Waals surface area contributed by atoms with Gasteiger partial charge >= 0.3 is 0 Å². The third kappa shape index (κ3) is 2.40. The van der Waals surface area contributed by atoms with Crippen molar-refractivity contribution in [2.75, 3.05) is 18.0 Å². The van der Waals surface area contributed by atoms with E-state index in [1.165, 1.54) is 0 Å². The molecule has 3 nitrogen and oxygen atoms in total. The Kier molecular flexibility index (Phi) is 3.10. The molecule has 1 aromatic rings. The van der Waals surface area contributed by atoms with Crippen LogP contribution >= 0.6 is 11.6 Å². The Bertz CT molecular complexity index is 342. The molecule has 0 saturated carbocycles. The average Bonchev–Trinajstić information content (AvgIpc) is 2.22. The van der Waals surface area contributed by atoms with Crippen molar-refractivity contribution in [3.05, 3.63) is 18.1 Å². The highest BCUT2D eigenvalue weighted by Gasteiger charge is 2.24. The summed E-state index contributed by atoms with van der Waals surface area (Å²) in [7, 11) is 0. The highest BCUT2D eigenvalue weighted by Crippen LogP contribution is 2.24. The number of hydrogen-bond acceptors (Lipinski definition) is 3. The Morgan fingerprint density at radius 1 is 1.53 bits per heavy atom. The normalized spacial score (nSPS) is 26.7. The van der Waals surface area contributed by atoms with E-state index in [0.717, 1.165) is 31.2 Å². The minimum Gasteiger partial charge on any atom is -0.355 e. The van der Waals surface area contributed by atoms with Crippen LogP contribution < -0.4 is 4.90 Å². The van der Waals surface area contributed by atoms with Crippen molar-refractivity contribution in [1.82, 2.24) is 9.97 Å². The van der Waals surface area contributed by atoms with Gasteiger partial charge in [-0.15, -0.1) is 11.6 Å². The van der Waals surface area contributed by atoms with Crippen LogP contribution in [0.25, 0.3) is 0 Å². The fraction of sp³-hybridized carbons (Fsp3) is 0.636. The summed E-state index contributed by atoms with van der Waals surface area (Å²) in [6.45, 7) is 6.05. The van der Waals surface area contributed by atoms with E-state index in [9.17, 15) is 0 Å². The zero-order valence-corrected chi connectivity index (χ0v) is 9.91. The van der Waals surface area contributed by atoms with Gasteiger partial charge in [0.2, 0.25) is 0 Å². The lowest BCUT2D eigenvalue weighted by atomic mass is 9.99. The molecule has 0 bridgehead atoms. The predicted molar refractivity (Wildman–Crippen MR) is 62.4 cm³/mol. The Hall–Kier alpha value is -0.830. The molecule has 0 amide bonds. The molecule has 15 heavy (non-hydrogen) atoms. The van der Waals surface area contributed by atoms with Crippen molar-refractivity contribution < 1.29 is 0 Å². The first-order valence-electron chi connectivity index (χ1n) is 5.35. The molecule has 0 N–H and O–H groups in total. The summed E-state index contributed by atoms with van der Waals surface area (Å²) < 4.78 is 0. The van der Waals surface area contributed by atoms with Gasteiger partial charge in [0, 0.05) is 19.3 Å². The Morgan fingerprint density at radius 3 is 3.00 bits per heavy atom. The van der Waals surface area contributed by atoms with E-state index in [2.05, 4.69) is 21.8 Å². The molecule has 0 aliphatic carbocycles. The van der Waals surface area contributed by atoms with Crippen LogP contribution in [0, 0.1) is 12.8 Å². The molecule has 0 radical (unpaired) electrons. The number of aromatic nitrogens is 2. The molecule has 4 heteroatoms. The van der Waals surface area contributed by atoms with Crippen LogP contribution in [-0.2, 0) is 0 Å². The summed E-state index contributed by atoms with van der Waals surface area (Å²) in [6.07, 6.45) is 2.94. The molecule has 1 fully saturated rings. The van der Waals surface area contributed by atoms with Crippen LogP contribution in [0.2, 0.25) is 0 Å². The maximum absolute atomic E-state index is 6.27. The quantitative estimate of drug-likeness (QED) is 0.687. The van der Waals surface area contributed by atoms with Crippen LogP contribution in [0.1, 0.15) is 19.2 Å². The summed E-state index contributed by atoms with van der Waals surface area (Å²) in [4.78, 5) is 10.8. The van der Waals surface area contributed by atoms with E-state index < -0.39 is 0 Å². The fourth-order valence-corrected chi connectivity index (χ4v) is 2.14. The summed E-state index contributed by atoms with van der Waals surface area (Å²) in [5.41, 5.74) is 0. The maximum atomic E-state index is 6.27. The van der Waals surface area contributed by atoms with Crippen molar-refractivity contribution in [3.8, 4) is 0 Å². The van der Waals surface area contributed by atoms with Crippen molar-refractivity contribution in [1.29, 1.82) is 0 Å². The molecular weight excluding hydrogens is 210 g/mol. The molecule has 2 heterocycles. The molecule has 82 valence electrons. The smallest absolute Gasteiger partial charge is 0.132 e. The summed E-state index contributed by atoms with van der Waals surface area (Å²) in [5.74, 6) is 2.42. The second-order valence-corrected chi connectivity index (χ2v) is 4.75. The van der Waals surface area contributed by atoms with Gasteiger partial charge < -0.3 is 4.90 Å². The number of halogens is 1. The lowest BCUT2D eigenvalue weighted by Gasteiger charge is -2.34. The third-order valence-corrected chi connectivity index (χ3v) is 3.52. The summed E-state index contributed by atoms with van der Waals surface area (Å²) >= 11 is 6.27. The predicted octanol–water partition coefficient (Wildman–Crippen LogP) is 2.24. The molecular formula is C11H16ClN3. The Morgan fingerprint density at radius 2 is 2.33 bits per heavy atom. The molecule has 1 aliphatic rings. The first-order valence-corrected chi connectivity index (χ1v) is 5.79. The van der Waals surface area contributed by atoms with E-state index in [-0.39, 0.29) is 5.38 Å². The molecule has 1 aliphatic heterocycles. The van der Waals surface area contributed by atoms with E-state index in [0.29, 0.717) is 5.92 Å². The largest absolute Gasteiger partial charge is 0.355 e. The second-order valence-electron chi connectivity index (χ2n) is 4.19. The monoisotopic (exact) mass is 225 g/mol. The van der Waals surface area contributed by atoms with E-state index in [1.54, 1.807) is 6.20 Å². The Labute approximate surface area is 95.5 Å². The number of rotatable bonds is 1. The van der Waals surface area contributed by atoms with E-state index >= 15 is 0 Å².